The number of amides is 2. The molecule has 2 saturated heterocycles. The average Bonchev–Trinajstić information content (AvgIpc) is 2.93. The van der Waals surface area contributed by atoms with Crippen molar-refractivity contribution in [2.75, 3.05) is 52.9 Å². The van der Waals surface area contributed by atoms with Crippen LogP contribution in [0.3, 0.4) is 0 Å². The first-order valence-electron chi connectivity index (χ1n) is 12.7. The summed E-state index contributed by atoms with van der Waals surface area (Å²) in [4.78, 5) is 19.6. The second kappa shape index (κ2) is 10.0. The van der Waals surface area contributed by atoms with Crippen molar-refractivity contribution in [2.24, 2.45) is 0 Å². The van der Waals surface area contributed by atoms with Gasteiger partial charge in [-0.15, -0.1) is 0 Å². The third kappa shape index (κ3) is 4.70. The molecule has 6 rings (SSSR count). The number of fused-ring (bicyclic) bond motifs is 2. The number of piperazine rings is 1. The summed E-state index contributed by atoms with van der Waals surface area (Å²) in [7, 11) is 0. The molecule has 4 aliphatic rings. The molecule has 0 aromatic heterocycles. The minimum atomic E-state index is 0.0571. The van der Waals surface area contributed by atoms with Crippen LogP contribution in [0, 0.1) is 0 Å². The van der Waals surface area contributed by atoms with Gasteiger partial charge in [-0.2, -0.15) is 0 Å². The first-order valence-corrected chi connectivity index (χ1v) is 12.7. The normalized spacial score (nSPS) is 20.6. The Morgan fingerprint density at radius 2 is 1.23 bits per heavy atom. The predicted molar refractivity (Wildman–Crippen MR) is 129 cm³/mol. The van der Waals surface area contributed by atoms with Gasteiger partial charge in [0.15, 0.2) is 13.6 Å². The van der Waals surface area contributed by atoms with Crippen LogP contribution in [-0.2, 0) is 22.7 Å². The summed E-state index contributed by atoms with van der Waals surface area (Å²) < 4.78 is 22.4. The van der Waals surface area contributed by atoms with Crippen LogP contribution in [0.5, 0.6) is 11.5 Å². The molecule has 0 radical (unpaired) electrons. The number of rotatable bonds is 3. The fourth-order valence-corrected chi connectivity index (χ4v) is 5.63. The molecule has 0 N–H and O–H groups in total. The number of hydrogen-bond donors (Lipinski definition) is 0. The molecule has 0 aliphatic carbocycles. The summed E-state index contributed by atoms with van der Waals surface area (Å²) in [6.07, 6.45) is 3.46. The number of ether oxygens (including phenoxy) is 4. The monoisotopic (exact) mass is 479 g/mol. The minimum absolute atomic E-state index is 0.0571. The molecule has 0 bridgehead atoms. The summed E-state index contributed by atoms with van der Waals surface area (Å²) in [5.41, 5.74) is 4.54. The van der Waals surface area contributed by atoms with Crippen molar-refractivity contribution >= 4 is 6.03 Å². The topological polar surface area (TPSA) is 63.7 Å². The van der Waals surface area contributed by atoms with Crippen molar-refractivity contribution < 1.29 is 23.7 Å². The molecule has 35 heavy (non-hydrogen) atoms. The maximum atomic E-state index is 13.1. The molecule has 0 atom stereocenters. The molecule has 2 aromatic carbocycles. The number of carbonyl (C=O) groups excluding carboxylic acids is 1. The van der Waals surface area contributed by atoms with Crippen molar-refractivity contribution in [2.45, 2.75) is 38.5 Å². The second-order valence-electron chi connectivity index (χ2n) is 9.71. The Morgan fingerprint density at radius 1 is 0.686 bits per heavy atom. The molecule has 8 nitrogen and oxygen atoms in total. The highest BCUT2D eigenvalue weighted by Crippen LogP contribution is 2.36. The van der Waals surface area contributed by atoms with Gasteiger partial charge in [0, 0.05) is 50.4 Å². The lowest BCUT2D eigenvalue weighted by atomic mass is 9.93. The summed E-state index contributed by atoms with van der Waals surface area (Å²) in [5, 5.41) is 0. The number of nitrogens with zero attached hydrogens (tertiary/aromatic N) is 3. The standard InChI is InChI=1S/C27H33N3O5/c31-27(29-8-2-1-3-9-29)30-12-10-28(11-13-30)26(20-4-6-24-22(14-20)16-32-18-34-24)21-5-7-25-23(15-21)17-33-19-35-25/h4-7,14-15,26H,1-3,8-13,16-19H2. The van der Waals surface area contributed by atoms with Crippen molar-refractivity contribution in [1.29, 1.82) is 0 Å². The molecular weight excluding hydrogens is 446 g/mol. The van der Waals surface area contributed by atoms with Gasteiger partial charge in [0.25, 0.3) is 0 Å². The van der Waals surface area contributed by atoms with Gasteiger partial charge < -0.3 is 28.7 Å². The second-order valence-corrected chi connectivity index (χ2v) is 9.71. The third-order valence-corrected chi connectivity index (χ3v) is 7.49. The lowest BCUT2D eigenvalue weighted by Gasteiger charge is -2.42. The number of urea groups is 1. The number of carbonyl (C=O) groups is 1. The van der Waals surface area contributed by atoms with E-state index in [4.69, 9.17) is 18.9 Å². The van der Waals surface area contributed by atoms with Crippen LogP contribution < -0.4 is 9.47 Å². The summed E-state index contributed by atoms with van der Waals surface area (Å²) in [5.74, 6) is 1.78. The first kappa shape index (κ1) is 22.6. The Balaban J connectivity index is 1.26. The van der Waals surface area contributed by atoms with Crippen molar-refractivity contribution in [3.05, 3.63) is 58.7 Å². The zero-order chi connectivity index (χ0) is 23.6. The van der Waals surface area contributed by atoms with E-state index in [-0.39, 0.29) is 12.1 Å². The van der Waals surface area contributed by atoms with Gasteiger partial charge in [-0.1, -0.05) is 12.1 Å². The number of hydrogen-bond acceptors (Lipinski definition) is 6. The van der Waals surface area contributed by atoms with Gasteiger partial charge in [0.2, 0.25) is 0 Å². The van der Waals surface area contributed by atoms with E-state index in [0.29, 0.717) is 26.8 Å². The molecule has 2 amide bonds. The van der Waals surface area contributed by atoms with Crippen LogP contribution in [0.1, 0.15) is 47.6 Å². The largest absolute Gasteiger partial charge is 0.467 e. The highest BCUT2D eigenvalue weighted by Gasteiger charge is 2.31. The summed E-state index contributed by atoms with van der Waals surface area (Å²) in [6.45, 7) is 6.60. The molecule has 2 aromatic rings. The number of benzene rings is 2. The maximum Gasteiger partial charge on any atom is 0.320 e. The Bertz CT molecular complexity index is 1000. The highest BCUT2D eigenvalue weighted by molar-refractivity contribution is 5.74. The van der Waals surface area contributed by atoms with Crippen LogP contribution in [0.2, 0.25) is 0 Å². The number of likely N-dealkylation sites (tertiary alicyclic amines) is 1. The van der Waals surface area contributed by atoms with Crippen molar-refractivity contribution in [3.8, 4) is 11.5 Å². The lowest BCUT2D eigenvalue weighted by molar-refractivity contribution is -0.0165. The van der Waals surface area contributed by atoms with Crippen LogP contribution in [-0.4, -0.2) is 73.6 Å². The van der Waals surface area contributed by atoms with E-state index in [0.717, 1.165) is 74.7 Å². The zero-order valence-electron chi connectivity index (χ0n) is 20.1. The van der Waals surface area contributed by atoms with Gasteiger partial charge in [-0.3, -0.25) is 4.90 Å². The molecule has 8 heteroatoms. The SMILES string of the molecule is O=C(N1CCCCC1)N1CCN(C(c2ccc3c(c2)COCO3)c2ccc3c(c2)COCO3)CC1. The smallest absolute Gasteiger partial charge is 0.320 e. The maximum absolute atomic E-state index is 13.1. The third-order valence-electron chi connectivity index (χ3n) is 7.49. The van der Waals surface area contributed by atoms with Gasteiger partial charge in [0.05, 0.1) is 19.3 Å². The minimum Gasteiger partial charge on any atom is -0.467 e. The molecule has 0 spiro atoms. The van der Waals surface area contributed by atoms with E-state index in [1.54, 1.807) is 0 Å². The van der Waals surface area contributed by atoms with Crippen molar-refractivity contribution in [1.82, 2.24) is 14.7 Å². The molecule has 0 unspecified atom stereocenters. The molecule has 186 valence electrons. The Kier molecular flexibility index (Phi) is 6.50. The van der Waals surface area contributed by atoms with Crippen LogP contribution in [0.15, 0.2) is 36.4 Å². The average molecular weight is 480 g/mol. The van der Waals surface area contributed by atoms with E-state index < -0.39 is 0 Å². The lowest BCUT2D eigenvalue weighted by Crippen LogP contribution is -2.54. The quantitative estimate of drug-likeness (QED) is 0.669. The summed E-state index contributed by atoms with van der Waals surface area (Å²) in [6, 6.07) is 13.1. The van der Waals surface area contributed by atoms with Gasteiger partial charge in [0.1, 0.15) is 11.5 Å². The zero-order valence-corrected chi connectivity index (χ0v) is 20.1. The summed E-state index contributed by atoms with van der Waals surface area (Å²) >= 11 is 0. The van der Waals surface area contributed by atoms with E-state index in [9.17, 15) is 4.79 Å². The van der Waals surface area contributed by atoms with Gasteiger partial charge in [-0.25, -0.2) is 4.79 Å². The van der Waals surface area contributed by atoms with Gasteiger partial charge in [-0.05, 0) is 54.7 Å². The Hall–Kier alpha value is -2.81. The fourth-order valence-electron chi connectivity index (χ4n) is 5.63. The highest BCUT2D eigenvalue weighted by atomic mass is 16.7. The Labute approximate surface area is 206 Å². The van der Waals surface area contributed by atoms with Crippen LogP contribution >= 0.6 is 0 Å². The molecule has 2 fully saturated rings. The molecule has 4 aliphatic heterocycles. The van der Waals surface area contributed by atoms with E-state index in [1.807, 2.05) is 9.80 Å². The van der Waals surface area contributed by atoms with Gasteiger partial charge >= 0.3 is 6.03 Å². The predicted octanol–water partition coefficient (Wildman–Crippen LogP) is 3.73. The molecular formula is C27H33N3O5. The van der Waals surface area contributed by atoms with E-state index in [1.165, 1.54) is 17.5 Å². The fraction of sp³-hybridized carbons (Fsp3) is 0.519. The molecule has 0 saturated carbocycles. The Morgan fingerprint density at radius 3 is 1.80 bits per heavy atom. The van der Waals surface area contributed by atoms with E-state index >= 15 is 0 Å². The first-order chi connectivity index (χ1) is 17.3. The van der Waals surface area contributed by atoms with Crippen LogP contribution in [0.4, 0.5) is 4.79 Å². The van der Waals surface area contributed by atoms with Crippen molar-refractivity contribution in [3.63, 3.8) is 0 Å². The van der Waals surface area contributed by atoms with E-state index in [2.05, 4.69) is 41.3 Å². The molecule has 4 heterocycles. The number of piperidine rings is 1. The van der Waals surface area contributed by atoms with Crippen LogP contribution in [0.25, 0.3) is 0 Å².